The van der Waals surface area contributed by atoms with Crippen LogP contribution >= 0.6 is 11.6 Å². The van der Waals surface area contributed by atoms with E-state index in [2.05, 4.69) is 10.3 Å². The minimum Gasteiger partial charge on any atom is -0.481 e. The van der Waals surface area contributed by atoms with E-state index >= 15 is 0 Å². The average Bonchev–Trinajstić information content (AvgIpc) is 2.60. The van der Waals surface area contributed by atoms with Gasteiger partial charge in [0, 0.05) is 0 Å². The van der Waals surface area contributed by atoms with Gasteiger partial charge in [-0.1, -0.05) is 16.8 Å². The van der Waals surface area contributed by atoms with Gasteiger partial charge in [-0.3, -0.25) is 4.79 Å². The fourth-order valence-corrected chi connectivity index (χ4v) is 1.80. The molecule has 2 aromatic rings. The largest absolute Gasteiger partial charge is 0.481 e. The Morgan fingerprint density at radius 3 is 2.89 bits per heavy atom. The van der Waals surface area contributed by atoms with Crippen molar-refractivity contribution < 1.29 is 14.3 Å². The Hall–Kier alpha value is -1.95. The van der Waals surface area contributed by atoms with E-state index in [1.807, 2.05) is 0 Å². The van der Waals surface area contributed by atoms with Gasteiger partial charge >= 0.3 is 5.97 Å². The molecule has 1 aromatic heterocycles. The van der Waals surface area contributed by atoms with E-state index in [4.69, 9.17) is 16.7 Å². The van der Waals surface area contributed by atoms with Crippen molar-refractivity contribution in [2.75, 3.05) is 0 Å². The summed E-state index contributed by atoms with van der Waals surface area (Å²) in [7, 11) is 0. The van der Waals surface area contributed by atoms with Crippen LogP contribution in [0.5, 0.6) is 0 Å². The molecule has 0 atom stereocenters. The summed E-state index contributed by atoms with van der Waals surface area (Å²) in [5.41, 5.74) is 1.37. The highest BCUT2D eigenvalue weighted by Crippen LogP contribution is 2.22. The zero-order valence-corrected chi connectivity index (χ0v) is 10.1. The topological polar surface area (TPSA) is 68.0 Å². The molecule has 1 aromatic carbocycles. The molecule has 0 spiro atoms. The Kier molecular flexibility index (Phi) is 3.29. The summed E-state index contributed by atoms with van der Waals surface area (Å²) in [6, 6.07) is 3.87. The van der Waals surface area contributed by atoms with E-state index in [-0.39, 0.29) is 11.4 Å². The Morgan fingerprint density at radius 2 is 2.28 bits per heavy atom. The third-order valence-electron chi connectivity index (χ3n) is 2.45. The predicted molar refractivity (Wildman–Crippen MR) is 62.4 cm³/mol. The maximum absolute atomic E-state index is 12.9. The zero-order chi connectivity index (χ0) is 13.3. The van der Waals surface area contributed by atoms with Crippen molar-refractivity contribution in [1.82, 2.24) is 15.0 Å². The maximum Gasteiger partial charge on any atom is 0.309 e. The number of carbonyl (C=O) groups is 1. The summed E-state index contributed by atoms with van der Waals surface area (Å²) in [6.45, 7) is 1.68. The second-order valence-corrected chi connectivity index (χ2v) is 4.11. The van der Waals surface area contributed by atoms with Crippen LogP contribution in [0.15, 0.2) is 18.2 Å². The molecule has 7 heteroatoms. The van der Waals surface area contributed by atoms with Crippen LogP contribution in [-0.2, 0) is 11.2 Å². The van der Waals surface area contributed by atoms with Crippen LogP contribution in [0.2, 0.25) is 5.02 Å². The number of benzene rings is 1. The van der Waals surface area contributed by atoms with Gasteiger partial charge in [0.2, 0.25) is 0 Å². The van der Waals surface area contributed by atoms with Crippen LogP contribution in [0.25, 0.3) is 5.69 Å². The minimum absolute atomic E-state index is 0.185. The summed E-state index contributed by atoms with van der Waals surface area (Å²) in [4.78, 5) is 10.6. The first-order valence-corrected chi connectivity index (χ1v) is 5.45. The number of carboxylic acid groups (broad SMARTS) is 1. The molecule has 0 saturated carbocycles. The molecule has 1 N–H and O–H groups in total. The van der Waals surface area contributed by atoms with E-state index in [1.54, 1.807) is 6.92 Å². The standard InChI is InChI=1S/C11H9ClFN3O2/c1-6-9(5-11(17)18)14-15-16(6)10-3-2-7(13)4-8(10)12/h2-4H,5H2,1H3,(H,17,18). The number of nitrogens with zero attached hydrogens (tertiary/aromatic N) is 3. The fraction of sp³-hybridized carbons (Fsp3) is 0.182. The third-order valence-corrected chi connectivity index (χ3v) is 2.75. The molecule has 0 saturated heterocycles. The number of rotatable bonds is 3. The molecule has 1 heterocycles. The molecule has 0 unspecified atom stereocenters. The summed E-state index contributed by atoms with van der Waals surface area (Å²) < 4.78 is 14.3. The quantitative estimate of drug-likeness (QED) is 0.925. The fourth-order valence-electron chi connectivity index (χ4n) is 1.55. The molecule has 18 heavy (non-hydrogen) atoms. The lowest BCUT2D eigenvalue weighted by Crippen LogP contribution is -2.04. The van der Waals surface area contributed by atoms with Crippen LogP contribution in [0, 0.1) is 12.7 Å². The number of halogens is 2. The van der Waals surface area contributed by atoms with Gasteiger partial charge in [-0.25, -0.2) is 9.07 Å². The molecule has 94 valence electrons. The lowest BCUT2D eigenvalue weighted by atomic mass is 10.2. The highest BCUT2D eigenvalue weighted by Gasteiger charge is 2.14. The maximum atomic E-state index is 12.9. The van der Waals surface area contributed by atoms with Gasteiger partial charge in [-0.15, -0.1) is 5.10 Å². The molecular weight excluding hydrogens is 261 g/mol. The van der Waals surface area contributed by atoms with E-state index < -0.39 is 11.8 Å². The van der Waals surface area contributed by atoms with Crippen LogP contribution in [0.4, 0.5) is 4.39 Å². The Bertz CT molecular complexity index is 612. The van der Waals surface area contributed by atoms with Gasteiger partial charge in [0.1, 0.15) is 5.82 Å². The zero-order valence-electron chi connectivity index (χ0n) is 9.39. The van der Waals surface area contributed by atoms with Crippen molar-refractivity contribution >= 4 is 17.6 Å². The average molecular weight is 270 g/mol. The molecule has 0 aliphatic rings. The number of aromatic nitrogens is 3. The molecule has 5 nitrogen and oxygen atoms in total. The van der Waals surface area contributed by atoms with Crippen LogP contribution in [-0.4, -0.2) is 26.1 Å². The molecule has 0 fully saturated rings. The highest BCUT2D eigenvalue weighted by atomic mass is 35.5. The van der Waals surface area contributed by atoms with Crippen LogP contribution in [0.1, 0.15) is 11.4 Å². The van der Waals surface area contributed by atoms with Gasteiger partial charge in [-0.05, 0) is 25.1 Å². The van der Waals surface area contributed by atoms with Gasteiger partial charge < -0.3 is 5.11 Å². The van der Waals surface area contributed by atoms with Crippen LogP contribution in [0.3, 0.4) is 0 Å². The third kappa shape index (κ3) is 2.33. The lowest BCUT2D eigenvalue weighted by Gasteiger charge is -2.05. The van der Waals surface area contributed by atoms with Crippen LogP contribution < -0.4 is 0 Å². The van der Waals surface area contributed by atoms with Gasteiger partial charge in [0.25, 0.3) is 0 Å². The first kappa shape index (κ1) is 12.5. The van der Waals surface area contributed by atoms with Crippen molar-refractivity contribution in [3.05, 3.63) is 40.4 Å². The van der Waals surface area contributed by atoms with Crippen molar-refractivity contribution in [3.8, 4) is 5.69 Å². The summed E-state index contributed by atoms with van der Waals surface area (Å²) in [6.07, 6.45) is -0.218. The predicted octanol–water partition coefficient (Wildman–Crippen LogP) is 2.00. The van der Waals surface area contributed by atoms with Crippen molar-refractivity contribution in [2.45, 2.75) is 13.3 Å². The Balaban J connectivity index is 2.45. The second kappa shape index (κ2) is 4.73. The Morgan fingerprint density at radius 1 is 1.56 bits per heavy atom. The van der Waals surface area contributed by atoms with E-state index in [0.29, 0.717) is 17.1 Å². The molecule has 0 amide bonds. The molecule has 0 bridgehead atoms. The summed E-state index contributed by atoms with van der Waals surface area (Å²) in [5, 5.41) is 16.5. The molecular formula is C11H9ClFN3O2. The SMILES string of the molecule is Cc1c(CC(=O)O)nnn1-c1ccc(F)cc1Cl. The smallest absolute Gasteiger partial charge is 0.309 e. The second-order valence-electron chi connectivity index (χ2n) is 3.70. The summed E-state index contributed by atoms with van der Waals surface area (Å²) >= 11 is 5.91. The minimum atomic E-state index is -0.990. The lowest BCUT2D eigenvalue weighted by molar-refractivity contribution is -0.136. The van der Waals surface area contributed by atoms with E-state index in [0.717, 1.165) is 6.07 Å². The number of aliphatic carboxylic acids is 1. The first-order chi connectivity index (χ1) is 8.49. The number of hydrogen-bond donors (Lipinski definition) is 1. The van der Waals surface area contributed by atoms with Gasteiger partial charge in [0.05, 0.1) is 28.5 Å². The van der Waals surface area contributed by atoms with Crippen molar-refractivity contribution in [1.29, 1.82) is 0 Å². The summed E-state index contributed by atoms with van der Waals surface area (Å²) in [5.74, 6) is -1.44. The first-order valence-electron chi connectivity index (χ1n) is 5.07. The van der Waals surface area contributed by atoms with E-state index in [9.17, 15) is 9.18 Å². The highest BCUT2D eigenvalue weighted by molar-refractivity contribution is 6.32. The monoisotopic (exact) mass is 269 g/mol. The molecule has 0 aliphatic heterocycles. The number of carboxylic acids is 1. The van der Waals surface area contributed by atoms with Crippen molar-refractivity contribution in [2.24, 2.45) is 0 Å². The van der Waals surface area contributed by atoms with Crippen molar-refractivity contribution in [3.63, 3.8) is 0 Å². The van der Waals surface area contributed by atoms with Gasteiger partial charge in [-0.2, -0.15) is 0 Å². The molecule has 0 aliphatic carbocycles. The molecule has 2 rings (SSSR count). The Labute approximate surface area is 107 Å². The normalized spacial score (nSPS) is 10.6. The van der Waals surface area contributed by atoms with E-state index in [1.165, 1.54) is 16.8 Å². The molecule has 0 radical (unpaired) electrons. The number of hydrogen-bond acceptors (Lipinski definition) is 3. The van der Waals surface area contributed by atoms with Gasteiger partial charge in [0.15, 0.2) is 0 Å².